The smallest absolute Gasteiger partial charge is 0.360 e. The Bertz CT molecular complexity index is 3370. The first-order valence-corrected chi connectivity index (χ1v) is 23.6. The first kappa shape index (κ1) is 46.0. The van der Waals surface area contributed by atoms with E-state index in [2.05, 4.69) is 41.9 Å². The fraction of sp³-hybridized carbons (Fsp3) is 0.224. The van der Waals surface area contributed by atoms with E-state index in [-0.39, 0.29) is 24.1 Å². The second-order valence-electron chi connectivity index (χ2n) is 16.7. The van der Waals surface area contributed by atoms with Crippen molar-refractivity contribution in [3.63, 3.8) is 0 Å². The minimum atomic E-state index is -2.38. The summed E-state index contributed by atoms with van der Waals surface area (Å²) in [5.41, 5.74) is 7.08. The second-order valence-corrected chi connectivity index (χ2v) is 18.3. The first-order valence-electron chi connectivity index (χ1n) is 21.9. The largest absolute Gasteiger partial charge is 0.415 e. The van der Waals surface area contributed by atoms with Crippen molar-refractivity contribution in [2.24, 2.45) is 10.2 Å². The van der Waals surface area contributed by atoms with E-state index in [1.807, 2.05) is 71.5 Å². The fourth-order valence-corrected chi connectivity index (χ4v) is 10.1. The lowest BCUT2D eigenvalue weighted by molar-refractivity contribution is 0.0710. The topological polar surface area (TPSA) is 149 Å². The summed E-state index contributed by atoms with van der Waals surface area (Å²) >= 11 is 3.28. The van der Waals surface area contributed by atoms with Gasteiger partial charge < -0.3 is 32.5 Å². The van der Waals surface area contributed by atoms with Crippen molar-refractivity contribution in [3.8, 4) is 5.75 Å². The molecule has 0 unspecified atom stereocenters. The molecule has 0 fully saturated rings. The van der Waals surface area contributed by atoms with Gasteiger partial charge in [-0.05, 0) is 116 Å². The summed E-state index contributed by atoms with van der Waals surface area (Å²) in [4.78, 5) is 57.2. The van der Waals surface area contributed by atoms with Gasteiger partial charge in [0, 0.05) is 71.1 Å². The molecule has 0 saturated heterocycles. The van der Waals surface area contributed by atoms with E-state index in [0.717, 1.165) is 71.4 Å². The summed E-state index contributed by atoms with van der Waals surface area (Å²) in [6.07, 6.45) is 5.44. The van der Waals surface area contributed by atoms with Gasteiger partial charge in [-0.25, -0.2) is 22.9 Å². The second kappa shape index (κ2) is 19.0. The zero-order chi connectivity index (χ0) is 48.1. The Balaban J connectivity index is 0.807. The van der Waals surface area contributed by atoms with Gasteiger partial charge in [0.2, 0.25) is 40.0 Å². The van der Waals surface area contributed by atoms with Crippen molar-refractivity contribution in [2.45, 2.75) is 38.5 Å². The van der Waals surface area contributed by atoms with Crippen LogP contribution in [0.5, 0.6) is 5.75 Å². The zero-order valence-corrected chi connectivity index (χ0v) is 39.5. The molecular weight excluding hydrogens is 1030 g/mol. The van der Waals surface area contributed by atoms with E-state index in [4.69, 9.17) is 3.07 Å². The van der Waals surface area contributed by atoms with Crippen LogP contribution in [0.15, 0.2) is 89.1 Å². The Labute approximate surface area is 407 Å². The average molecular weight is 1070 g/mol. The zero-order valence-electron chi connectivity index (χ0n) is 36.5. The van der Waals surface area contributed by atoms with Crippen molar-refractivity contribution >= 4 is 112 Å². The molecule has 5 heterocycles. The maximum Gasteiger partial charge on any atom is 0.360 e. The summed E-state index contributed by atoms with van der Waals surface area (Å²) in [7, 11) is 2.08. The number of esters is 1. The van der Waals surface area contributed by atoms with Gasteiger partial charge in [-0.15, -0.1) is 10.2 Å². The minimum absolute atomic E-state index is 0.173. The number of H-pyrrole nitrogens is 2. The molecule has 20 heteroatoms. The van der Waals surface area contributed by atoms with Crippen molar-refractivity contribution in [1.29, 1.82) is 0 Å². The number of aromatic nitrogens is 3. The Morgan fingerprint density at radius 3 is 2.00 bits per heavy atom. The third-order valence-electron chi connectivity index (χ3n) is 12.5. The third-order valence-corrected chi connectivity index (χ3v) is 13.8. The molecule has 0 atom stereocenters. The summed E-state index contributed by atoms with van der Waals surface area (Å²) in [5, 5.41) is 10.6. The van der Waals surface area contributed by atoms with Crippen LogP contribution < -0.4 is 19.4 Å². The van der Waals surface area contributed by atoms with Crippen molar-refractivity contribution in [2.75, 3.05) is 48.0 Å². The minimum Gasteiger partial charge on any atom is -0.415 e. The van der Waals surface area contributed by atoms with Crippen LogP contribution in [0.1, 0.15) is 68.1 Å². The van der Waals surface area contributed by atoms with Gasteiger partial charge in [0.05, 0.1) is 22.5 Å². The standard InChI is InChI=1S/C49H38F5IN8O5S/c1-61(18-4-2-3-5-21-67-55)27-9-7-26(8-10-27)59-60-49-58-34-11-6-25(22-39(34)69-49)46(64)62-19-16-28-30-23-35(56-32(30)12-14-37(28)62)47(65)63-20-17-29-31-24-36(57-33(31)13-15-38(29)63)48(66)68-45-43(53)41(51)40(50)42(52)44(45)54/h6-15,22-24,56-57H,2-5,16-21H2,1H3. The Kier molecular flexibility index (Phi) is 12.6. The number of nitrogens with one attached hydrogen (secondary N) is 2. The molecule has 2 N–H and O–H groups in total. The number of carbonyl (C=O) groups is 3. The van der Waals surface area contributed by atoms with E-state index in [0.29, 0.717) is 69.1 Å². The first-order chi connectivity index (χ1) is 33.4. The molecule has 0 spiro atoms. The van der Waals surface area contributed by atoms with Gasteiger partial charge >= 0.3 is 5.97 Å². The molecule has 5 aromatic carbocycles. The number of anilines is 3. The van der Waals surface area contributed by atoms with Gasteiger partial charge in [0.15, 0.2) is 0 Å². The van der Waals surface area contributed by atoms with Crippen LogP contribution >= 0.6 is 34.3 Å². The van der Waals surface area contributed by atoms with Crippen molar-refractivity contribution in [3.05, 3.63) is 136 Å². The highest BCUT2D eigenvalue weighted by Gasteiger charge is 2.33. The number of nitrogens with zero attached hydrogens (tertiary/aromatic N) is 6. The Morgan fingerprint density at radius 2 is 1.33 bits per heavy atom. The molecule has 0 bridgehead atoms. The number of azo groups is 1. The number of rotatable bonds is 14. The van der Waals surface area contributed by atoms with Crippen LogP contribution in [0.2, 0.25) is 0 Å². The Morgan fingerprint density at radius 1 is 0.725 bits per heavy atom. The third kappa shape index (κ3) is 8.69. The summed E-state index contributed by atoms with van der Waals surface area (Å²) in [6, 6.07) is 23.4. The normalized spacial score (nSPS) is 13.4. The number of fused-ring (bicyclic) bond motifs is 7. The maximum absolute atomic E-state index is 14.2. The molecule has 352 valence electrons. The number of benzene rings is 5. The predicted octanol–water partition coefficient (Wildman–Crippen LogP) is 12.4. The van der Waals surface area contributed by atoms with E-state index in [1.54, 1.807) is 34.1 Å². The number of aromatic amines is 2. The van der Waals surface area contributed by atoms with Crippen LogP contribution in [0.25, 0.3) is 32.0 Å². The predicted molar refractivity (Wildman–Crippen MR) is 260 cm³/mol. The number of hydrogen-bond donors (Lipinski definition) is 2. The molecule has 0 saturated carbocycles. The highest BCUT2D eigenvalue weighted by molar-refractivity contribution is 14.1. The van der Waals surface area contributed by atoms with Crippen molar-refractivity contribution in [1.82, 2.24) is 15.0 Å². The van der Waals surface area contributed by atoms with E-state index >= 15 is 0 Å². The van der Waals surface area contributed by atoms with E-state index < -0.39 is 40.8 Å². The Hall–Kier alpha value is -6.78. The monoisotopic (exact) mass is 1070 g/mol. The number of carbonyl (C=O) groups excluding carboxylic acids is 3. The number of amides is 2. The van der Waals surface area contributed by atoms with Gasteiger partial charge in [-0.3, -0.25) is 9.59 Å². The molecule has 13 nitrogen and oxygen atoms in total. The molecule has 0 radical (unpaired) electrons. The number of thiazole rings is 1. The molecule has 8 aromatic rings. The quantitative estimate of drug-likeness (QED) is 0.0161. The average Bonchev–Trinajstić information content (AvgIpc) is 4.22. The van der Waals surface area contributed by atoms with Crippen molar-refractivity contribution < 1.29 is 44.1 Å². The molecule has 69 heavy (non-hydrogen) atoms. The lowest BCUT2D eigenvalue weighted by Crippen LogP contribution is -2.29. The molecule has 10 rings (SSSR count). The molecule has 3 aromatic heterocycles. The lowest BCUT2D eigenvalue weighted by atomic mass is 10.1. The van der Waals surface area contributed by atoms with Gasteiger partial charge in [-0.2, -0.15) is 8.78 Å². The summed E-state index contributed by atoms with van der Waals surface area (Å²) in [5.74, 6) is -15.0. The lowest BCUT2D eigenvalue weighted by Gasteiger charge is -2.19. The van der Waals surface area contributed by atoms with Gasteiger partial charge in [0.1, 0.15) is 34.4 Å². The summed E-state index contributed by atoms with van der Waals surface area (Å²) in [6.45, 7) is 2.47. The maximum atomic E-state index is 14.2. The number of unbranched alkanes of at least 4 members (excludes halogenated alkanes) is 3. The molecule has 0 aliphatic carbocycles. The number of hydrogen-bond acceptors (Lipinski definition) is 10. The highest BCUT2D eigenvalue weighted by Crippen LogP contribution is 2.40. The SMILES string of the molecule is CN(CCCCCCOI)c1ccc(N=Nc2nc3ccc(C(=O)N4CCc5c4ccc4[nH]c(C(=O)N6CCc7c6ccc6[nH]c(C(=O)Oc8c(F)c(F)c(F)c(F)c8F)cc76)cc54)cc3s2)cc1. The van der Waals surface area contributed by atoms with Crippen LogP contribution in [-0.4, -0.2) is 66.0 Å². The highest BCUT2D eigenvalue weighted by atomic mass is 127. The van der Waals surface area contributed by atoms with Crippen LogP contribution in [0.3, 0.4) is 0 Å². The summed E-state index contributed by atoms with van der Waals surface area (Å²) < 4.78 is 80.1. The number of ether oxygens (including phenoxy) is 1. The van der Waals surface area contributed by atoms with Crippen LogP contribution in [0, 0.1) is 29.1 Å². The van der Waals surface area contributed by atoms with Gasteiger partial charge in [-0.1, -0.05) is 24.2 Å². The number of halogens is 6. The van der Waals surface area contributed by atoms with Crippen LogP contribution in [-0.2, 0) is 15.9 Å². The molecular formula is C49H38F5IN8O5S. The fourth-order valence-electron chi connectivity index (χ4n) is 8.95. The molecule has 2 aliphatic rings. The van der Waals surface area contributed by atoms with E-state index in [9.17, 15) is 36.3 Å². The molecule has 2 aliphatic heterocycles. The van der Waals surface area contributed by atoms with E-state index in [1.165, 1.54) is 17.4 Å². The molecule has 2 amide bonds. The van der Waals surface area contributed by atoms with Crippen LogP contribution in [0.4, 0.5) is 49.8 Å². The van der Waals surface area contributed by atoms with Gasteiger partial charge in [0.25, 0.3) is 11.8 Å².